The zero-order chi connectivity index (χ0) is 6.91. The Labute approximate surface area is 79.2 Å². The Morgan fingerprint density at radius 2 is 2.00 bits per heavy atom. The first kappa shape index (κ1) is 10.1. The fraction of sp³-hybridized carbons (Fsp3) is 0.571. The zero-order valence-electron chi connectivity index (χ0n) is 6.58. The molecular formula is C7H13IN2. The van der Waals surface area contributed by atoms with Gasteiger partial charge in [0.2, 0.25) is 0 Å². The smallest absolute Gasteiger partial charge is 0.124 e. The summed E-state index contributed by atoms with van der Waals surface area (Å²) in [6.45, 7) is 4.32. The summed E-state index contributed by atoms with van der Waals surface area (Å²) in [7, 11) is 2.09. The lowest BCUT2D eigenvalue weighted by molar-refractivity contribution is -0.885. The van der Waals surface area contributed by atoms with E-state index in [1.165, 1.54) is 0 Å². The van der Waals surface area contributed by atoms with Gasteiger partial charge in [-0.25, -0.2) is 0 Å². The second-order valence-corrected chi connectivity index (χ2v) is 2.80. The first-order valence-electron chi connectivity index (χ1n) is 3.24. The van der Waals surface area contributed by atoms with E-state index in [-0.39, 0.29) is 24.0 Å². The van der Waals surface area contributed by atoms with E-state index >= 15 is 0 Å². The molecule has 0 bridgehead atoms. The predicted octanol–water partition coefficient (Wildman–Crippen LogP) is -1.64. The monoisotopic (exact) mass is 252 g/mol. The van der Waals surface area contributed by atoms with Crippen molar-refractivity contribution in [3.05, 3.63) is 12.3 Å². The molecule has 1 unspecified atom stereocenters. The zero-order valence-corrected chi connectivity index (χ0v) is 8.74. The standard InChI is InChI=1S/C7H13N2.HI/c1-7(2)9(3)6-4-5-8-9;/h4-7H,1-3H3;1H/q+1;/p-1. The molecule has 3 heteroatoms. The maximum absolute atomic E-state index is 4.27. The SMILES string of the molecule is CC(C)[N+]1(C)C=CC=N1.[I-]. The number of quaternary nitrogens is 1. The molecule has 0 aromatic heterocycles. The average molecular weight is 252 g/mol. The van der Waals surface area contributed by atoms with E-state index < -0.39 is 0 Å². The number of nitrogens with zero attached hydrogens (tertiary/aromatic N) is 2. The van der Waals surface area contributed by atoms with Crippen LogP contribution in [0.4, 0.5) is 0 Å². The molecule has 1 heterocycles. The van der Waals surface area contributed by atoms with Crippen molar-refractivity contribution in [2.45, 2.75) is 19.9 Å². The van der Waals surface area contributed by atoms with E-state index in [1.807, 2.05) is 12.3 Å². The molecule has 0 saturated carbocycles. The van der Waals surface area contributed by atoms with Crippen LogP contribution in [0.2, 0.25) is 0 Å². The van der Waals surface area contributed by atoms with Crippen LogP contribution in [0.25, 0.3) is 0 Å². The van der Waals surface area contributed by atoms with Gasteiger partial charge in [0.1, 0.15) is 12.2 Å². The topological polar surface area (TPSA) is 12.4 Å². The quantitative estimate of drug-likeness (QED) is 0.392. The number of hydrogen-bond donors (Lipinski definition) is 0. The second kappa shape index (κ2) is 3.48. The van der Waals surface area contributed by atoms with E-state index in [0.717, 1.165) is 0 Å². The number of allylic oxidation sites excluding steroid dienone is 1. The largest absolute Gasteiger partial charge is 1.00 e. The van der Waals surface area contributed by atoms with E-state index in [0.29, 0.717) is 10.6 Å². The minimum Gasteiger partial charge on any atom is -1.00 e. The highest BCUT2D eigenvalue weighted by molar-refractivity contribution is 5.71. The molecule has 0 aliphatic carbocycles. The molecule has 1 aliphatic rings. The third kappa shape index (κ3) is 1.79. The molecular weight excluding hydrogens is 239 g/mol. The lowest BCUT2D eigenvalue weighted by Crippen LogP contribution is -3.00. The summed E-state index contributed by atoms with van der Waals surface area (Å²) in [5.41, 5.74) is 0. The van der Waals surface area contributed by atoms with Crippen molar-refractivity contribution in [3.63, 3.8) is 0 Å². The van der Waals surface area contributed by atoms with Gasteiger partial charge in [0.15, 0.2) is 0 Å². The van der Waals surface area contributed by atoms with Crippen LogP contribution in [-0.4, -0.2) is 23.9 Å². The highest BCUT2D eigenvalue weighted by atomic mass is 127. The second-order valence-electron chi connectivity index (χ2n) is 2.80. The molecule has 10 heavy (non-hydrogen) atoms. The van der Waals surface area contributed by atoms with Crippen molar-refractivity contribution in [3.8, 4) is 0 Å². The predicted molar refractivity (Wildman–Crippen MR) is 39.0 cm³/mol. The van der Waals surface area contributed by atoms with Gasteiger partial charge in [0.05, 0.1) is 13.3 Å². The number of halogens is 1. The Morgan fingerprint density at radius 3 is 2.20 bits per heavy atom. The first-order chi connectivity index (χ1) is 4.15. The van der Waals surface area contributed by atoms with Crippen LogP contribution >= 0.6 is 0 Å². The average Bonchev–Trinajstić information content (AvgIpc) is 2.16. The van der Waals surface area contributed by atoms with Crippen molar-refractivity contribution in [1.29, 1.82) is 0 Å². The minimum atomic E-state index is 0. The Hall–Kier alpha value is 0.1000. The Bertz CT molecular complexity index is 149. The maximum Gasteiger partial charge on any atom is 0.124 e. The van der Waals surface area contributed by atoms with E-state index in [4.69, 9.17) is 0 Å². The molecule has 1 atom stereocenters. The molecule has 2 nitrogen and oxygen atoms in total. The summed E-state index contributed by atoms with van der Waals surface area (Å²) in [5.74, 6) is 0. The fourth-order valence-electron chi connectivity index (χ4n) is 0.739. The molecule has 0 aromatic rings. The van der Waals surface area contributed by atoms with Crippen LogP contribution < -0.4 is 24.0 Å². The Morgan fingerprint density at radius 1 is 1.40 bits per heavy atom. The highest BCUT2D eigenvalue weighted by Crippen LogP contribution is 2.14. The van der Waals surface area contributed by atoms with Crippen molar-refractivity contribution in [1.82, 2.24) is 0 Å². The third-order valence-corrected chi connectivity index (χ3v) is 1.83. The summed E-state index contributed by atoms with van der Waals surface area (Å²) in [6, 6.07) is 0.542. The summed E-state index contributed by atoms with van der Waals surface area (Å²) in [4.78, 5) is 0. The maximum atomic E-state index is 4.27. The lowest BCUT2D eigenvalue weighted by atomic mass is 10.3. The van der Waals surface area contributed by atoms with Gasteiger partial charge in [-0.15, -0.1) is 0 Å². The van der Waals surface area contributed by atoms with Gasteiger partial charge in [-0.05, 0) is 13.8 Å². The van der Waals surface area contributed by atoms with Gasteiger partial charge in [0, 0.05) is 6.08 Å². The molecule has 0 radical (unpaired) electrons. The van der Waals surface area contributed by atoms with Crippen LogP contribution in [0.15, 0.2) is 17.4 Å². The molecule has 0 spiro atoms. The van der Waals surface area contributed by atoms with Gasteiger partial charge in [-0.1, -0.05) is 5.10 Å². The van der Waals surface area contributed by atoms with Crippen molar-refractivity contribution in [2.75, 3.05) is 7.05 Å². The molecule has 0 fully saturated rings. The van der Waals surface area contributed by atoms with Crippen LogP contribution in [-0.2, 0) is 0 Å². The molecule has 1 rings (SSSR count). The highest BCUT2D eigenvalue weighted by Gasteiger charge is 2.24. The summed E-state index contributed by atoms with van der Waals surface area (Å²) >= 11 is 0. The summed E-state index contributed by atoms with van der Waals surface area (Å²) < 4.78 is 0.694. The number of rotatable bonds is 1. The Kier molecular flexibility index (Phi) is 3.51. The van der Waals surface area contributed by atoms with Gasteiger partial charge in [-0.3, -0.25) is 0 Å². The molecule has 0 N–H and O–H groups in total. The normalized spacial score (nSPS) is 29.2. The van der Waals surface area contributed by atoms with Crippen LogP contribution in [0, 0.1) is 0 Å². The minimum absolute atomic E-state index is 0. The molecule has 0 amide bonds. The lowest BCUT2D eigenvalue weighted by Gasteiger charge is -2.24. The molecule has 0 saturated heterocycles. The van der Waals surface area contributed by atoms with Gasteiger partial charge in [-0.2, -0.15) is 4.59 Å². The van der Waals surface area contributed by atoms with Crippen LogP contribution in [0.5, 0.6) is 0 Å². The summed E-state index contributed by atoms with van der Waals surface area (Å²) in [6.07, 6.45) is 5.92. The molecule has 58 valence electrons. The first-order valence-corrected chi connectivity index (χ1v) is 3.24. The van der Waals surface area contributed by atoms with Crippen LogP contribution in [0.3, 0.4) is 0 Å². The van der Waals surface area contributed by atoms with Crippen LogP contribution in [0.1, 0.15) is 13.8 Å². The van der Waals surface area contributed by atoms with E-state index in [1.54, 1.807) is 0 Å². The van der Waals surface area contributed by atoms with Gasteiger partial charge >= 0.3 is 0 Å². The number of hydrogen-bond acceptors (Lipinski definition) is 1. The molecule has 0 aromatic carbocycles. The van der Waals surface area contributed by atoms with Crippen molar-refractivity contribution in [2.24, 2.45) is 5.10 Å². The summed E-state index contributed by atoms with van der Waals surface area (Å²) in [5, 5.41) is 4.27. The van der Waals surface area contributed by atoms with Crippen molar-refractivity contribution < 1.29 is 28.6 Å². The molecule has 1 aliphatic heterocycles. The van der Waals surface area contributed by atoms with E-state index in [2.05, 4.69) is 32.2 Å². The van der Waals surface area contributed by atoms with E-state index in [9.17, 15) is 0 Å². The fourth-order valence-corrected chi connectivity index (χ4v) is 0.739. The third-order valence-electron chi connectivity index (χ3n) is 1.83. The van der Waals surface area contributed by atoms with Gasteiger partial charge < -0.3 is 24.0 Å². The Balaban J connectivity index is 0.000000810. The van der Waals surface area contributed by atoms with Gasteiger partial charge in [0.25, 0.3) is 0 Å². The van der Waals surface area contributed by atoms with Crippen molar-refractivity contribution >= 4 is 6.21 Å².